The number of carboxylic acid groups (broad SMARTS) is 1. The second-order valence-corrected chi connectivity index (χ2v) is 9.31. The van der Waals surface area contributed by atoms with Crippen LogP contribution in [0.2, 0.25) is 0 Å². The minimum absolute atomic E-state index is 0.0102. The fourth-order valence-electron chi connectivity index (χ4n) is 4.53. The van der Waals surface area contributed by atoms with Crippen LogP contribution in [0.15, 0.2) is 78.9 Å². The fourth-order valence-corrected chi connectivity index (χ4v) is 4.53. The summed E-state index contributed by atoms with van der Waals surface area (Å²) in [6.07, 6.45) is -3.30. The third kappa shape index (κ3) is 7.23. The molecule has 1 aliphatic rings. The molecule has 0 saturated heterocycles. The van der Waals surface area contributed by atoms with Crippen molar-refractivity contribution in [3.63, 3.8) is 0 Å². The SMILES string of the molecule is O=C(C[C@H](NC(=O)OCC1c2ccccc2-c2ccccc21)C(=O)NCCC(O)C(=O)O)OCc1ccccc1. The smallest absolute Gasteiger partial charge is 0.407 e. The molecule has 4 rings (SSSR count). The number of nitrogens with one attached hydrogen (secondary N) is 2. The second-order valence-electron chi connectivity index (χ2n) is 9.31. The standard InChI is InChI=1S/C30H30N2O8/c33-26(29(36)37)14-15-31-28(35)25(16-27(34)39-17-19-8-2-1-3-9-19)32-30(38)40-18-24-22-12-6-4-10-20(22)21-11-5-7-13-23(21)24/h1-13,24-26,33H,14-18H2,(H,31,35)(H,32,38)(H,36,37)/t25-,26?/m0/s1. The number of amides is 2. The third-order valence-corrected chi connectivity index (χ3v) is 6.57. The van der Waals surface area contributed by atoms with Crippen molar-refractivity contribution in [3.8, 4) is 11.1 Å². The highest BCUT2D eigenvalue weighted by Gasteiger charge is 2.30. The summed E-state index contributed by atoms with van der Waals surface area (Å²) in [4.78, 5) is 48.9. The number of alkyl carbamates (subject to hydrolysis) is 1. The zero-order valence-corrected chi connectivity index (χ0v) is 21.6. The van der Waals surface area contributed by atoms with E-state index in [-0.39, 0.29) is 32.1 Å². The van der Waals surface area contributed by atoms with Gasteiger partial charge in [-0.3, -0.25) is 9.59 Å². The summed E-state index contributed by atoms with van der Waals surface area (Å²) in [6, 6.07) is 23.3. The Labute approximate surface area is 230 Å². The molecule has 10 heteroatoms. The van der Waals surface area contributed by atoms with Crippen molar-refractivity contribution in [2.24, 2.45) is 0 Å². The third-order valence-electron chi connectivity index (χ3n) is 6.57. The molecule has 0 bridgehead atoms. The average molecular weight is 547 g/mol. The zero-order valence-electron chi connectivity index (χ0n) is 21.6. The first kappa shape index (κ1) is 28.3. The van der Waals surface area contributed by atoms with Crippen LogP contribution >= 0.6 is 0 Å². The van der Waals surface area contributed by atoms with E-state index < -0.39 is 42.5 Å². The van der Waals surface area contributed by atoms with Crippen LogP contribution in [-0.2, 0) is 30.5 Å². The molecule has 4 N–H and O–H groups in total. The Morgan fingerprint density at radius 2 is 1.43 bits per heavy atom. The number of carboxylic acids is 1. The molecule has 3 aromatic carbocycles. The Kier molecular flexibility index (Phi) is 9.48. The number of aliphatic carboxylic acids is 1. The van der Waals surface area contributed by atoms with E-state index in [2.05, 4.69) is 10.6 Å². The Morgan fingerprint density at radius 3 is 2.05 bits per heavy atom. The van der Waals surface area contributed by atoms with Crippen molar-refractivity contribution in [3.05, 3.63) is 95.6 Å². The minimum atomic E-state index is -1.66. The number of fused-ring (bicyclic) bond motifs is 3. The summed E-state index contributed by atoms with van der Waals surface area (Å²) in [5, 5.41) is 23.1. The van der Waals surface area contributed by atoms with Gasteiger partial charge in [-0.25, -0.2) is 9.59 Å². The van der Waals surface area contributed by atoms with E-state index in [9.17, 15) is 24.3 Å². The number of rotatable bonds is 12. The molecule has 3 aromatic rings. The van der Waals surface area contributed by atoms with E-state index >= 15 is 0 Å². The fraction of sp³-hybridized carbons (Fsp3) is 0.267. The average Bonchev–Trinajstić information content (AvgIpc) is 3.28. The molecule has 2 atom stereocenters. The van der Waals surface area contributed by atoms with Crippen molar-refractivity contribution < 1.29 is 38.9 Å². The first-order valence-corrected chi connectivity index (χ1v) is 12.8. The van der Waals surface area contributed by atoms with Gasteiger partial charge in [0.05, 0.1) is 6.42 Å². The second kappa shape index (κ2) is 13.4. The summed E-state index contributed by atoms with van der Waals surface area (Å²) in [5.74, 6) is -3.10. The van der Waals surface area contributed by atoms with Crippen LogP contribution in [0.5, 0.6) is 0 Å². The van der Waals surface area contributed by atoms with Gasteiger partial charge < -0.3 is 30.3 Å². The Bertz CT molecular complexity index is 1320. The molecule has 0 heterocycles. The molecule has 0 fully saturated rings. The lowest BCUT2D eigenvalue weighted by atomic mass is 9.98. The van der Waals surface area contributed by atoms with Crippen molar-refractivity contribution >= 4 is 23.9 Å². The van der Waals surface area contributed by atoms with Gasteiger partial charge in [0.2, 0.25) is 5.91 Å². The minimum Gasteiger partial charge on any atom is -0.479 e. The Morgan fingerprint density at radius 1 is 0.825 bits per heavy atom. The summed E-state index contributed by atoms with van der Waals surface area (Å²) >= 11 is 0. The number of aliphatic hydroxyl groups excluding tert-OH is 1. The van der Waals surface area contributed by atoms with Crippen molar-refractivity contribution in [2.45, 2.75) is 37.5 Å². The first-order chi connectivity index (χ1) is 19.3. The quantitative estimate of drug-likeness (QED) is 0.253. The number of hydrogen-bond acceptors (Lipinski definition) is 7. The molecule has 40 heavy (non-hydrogen) atoms. The number of carbonyl (C=O) groups is 4. The molecule has 0 radical (unpaired) electrons. The highest BCUT2D eigenvalue weighted by Crippen LogP contribution is 2.44. The maximum Gasteiger partial charge on any atom is 0.407 e. The first-order valence-electron chi connectivity index (χ1n) is 12.8. The van der Waals surface area contributed by atoms with Crippen molar-refractivity contribution in [1.29, 1.82) is 0 Å². The molecule has 1 unspecified atom stereocenters. The molecule has 0 spiro atoms. The summed E-state index contributed by atoms with van der Waals surface area (Å²) in [6.45, 7) is -0.185. The lowest BCUT2D eigenvalue weighted by Gasteiger charge is -2.19. The van der Waals surface area contributed by atoms with E-state index in [1.165, 1.54) is 0 Å². The van der Waals surface area contributed by atoms with Crippen LogP contribution in [0.25, 0.3) is 11.1 Å². The number of aliphatic hydroxyl groups is 1. The largest absolute Gasteiger partial charge is 0.479 e. The molecule has 0 saturated carbocycles. The number of carbonyl (C=O) groups excluding carboxylic acids is 3. The Hall–Kier alpha value is -4.70. The van der Waals surface area contributed by atoms with Gasteiger partial charge in [-0.05, 0) is 27.8 Å². The van der Waals surface area contributed by atoms with Gasteiger partial charge in [0.1, 0.15) is 19.3 Å². The van der Waals surface area contributed by atoms with Crippen LogP contribution in [0, 0.1) is 0 Å². The molecule has 0 aromatic heterocycles. The Balaban J connectivity index is 1.38. The van der Waals surface area contributed by atoms with Gasteiger partial charge >= 0.3 is 18.0 Å². The van der Waals surface area contributed by atoms with Gasteiger partial charge in [0.15, 0.2) is 6.10 Å². The maximum absolute atomic E-state index is 12.8. The van der Waals surface area contributed by atoms with Crippen LogP contribution in [-0.4, -0.2) is 59.4 Å². The van der Waals surface area contributed by atoms with Gasteiger partial charge in [-0.15, -0.1) is 0 Å². The molecule has 208 valence electrons. The van der Waals surface area contributed by atoms with Crippen LogP contribution in [0.1, 0.15) is 35.4 Å². The van der Waals surface area contributed by atoms with Gasteiger partial charge in [0.25, 0.3) is 0 Å². The monoisotopic (exact) mass is 546 g/mol. The number of ether oxygens (including phenoxy) is 2. The predicted molar refractivity (Wildman–Crippen MR) is 144 cm³/mol. The molecule has 2 amide bonds. The maximum atomic E-state index is 12.8. The van der Waals surface area contributed by atoms with Crippen molar-refractivity contribution in [1.82, 2.24) is 10.6 Å². The number of esters is 1. The number of hydrogen-bond donors (Lipinski definition) is 4. The van der Waals surface area contributed by atoms with Crippen molar-refractivity contribution in [2.75, 3.05) is 13.2 Å². The van der Waals surface area contributed by atoms with Crippen LogP contribution in [0.3, 0.4) is 0 Å². The molecular formula is C30H30N2O8. The highest BCUT2D eigenvalue weighted by molar-refractivity contribution is 5.89. The summed E-state index contributed by atoms with van der Waals surface area (Å²) < 4.78 is 10.8. The topological polar surface area (TPSA) is 151 Å². The van der Waals surface area contributed by atoms with Crippen LogP contribution < -0.4 is 10.6 Å². The molecule has 10 nitrogen and oxygen atoms in total. The highest BCUT2D eigenvalue weighted by atomic mass is 16.5. The van der Waals surface area contributed by atoms with Gasteiger partial charge in [-0.2, -0.15) is 0 Å². The summed E-state index contributed by atoms with van der Waals surface area (Å²) in [5.41, 5.74) is 4.92. The zero-order chi connectivity index (χ0) is 28.5. The normalized spacial score (nSPS) is 13.3. The predicted octanol–water partition coefficient (Wildman–Crippen LogP) is 2.98. The van der Waals surface area contributed by atoms with E-state index in [0.29, 0.717) is 0 Å². The van der Waals surface area contributed by atoms with E-state index in [1.54, 1.807) is 24.3 Å². The van der Waals surface area contributed by atoms with E-state index in [1.807, 2.05) is 54.6 Å². The van der Waals surface area contributed by atoms with Gasteiger partial charge in [0, 0.05) is 18.9 Å². The molecule has 1 aliphatic carbocycles. The molecular weight excluding hydrogens is 516 g/mol. The lowest BCUT2D eigenvalue weighted by molar-refractivity contribution is -0.147. The van der Waals surface area contributed by atoms with Gasteiger partial charge in [-0.1, -0.05) is 78.9 Å². The van der Waals surface area contributed by atoms with Crippen LogP contribution in [0.4, 0.5) is 4.79 Å². The van der Waals surface area contributed by atoms with E-state index in [4.69, 9.17) is 14.6 Å². The molecule has 0 aliphatic heterocycles. The number of benzene rings is 3. The lowest BCUT2D eigenvalue weighted by Crippen LogP contribution is -2.49. The van der Waals surface area contributed by atoms with E-state index in [0.717, 1.165) is 27.8 Å². The summed E-state index contributed by atoms with van der Waals surface area (Å²) in [7, 11) is 0.